The Morgan fingerprint density at radius 2 is 2.00 bits per heavy atom. The Hall–Kier alpha value is -1.91. The molecule has 1 aromatic rings. The Bertz CT molecular complexity index is 596. The maximum Gasteiger partial charge on any atom is 0.343 e. The van der Waals surface area contributed by atoms with Crippen molar-refractivity contribution >= 4 is 11.8 Å². The zero-order valence-corrected chi connectivity index (χ0v) is 11.4. The maximum absolute atomic E-state index is 12.3. The Labute approximate surface area is 111 Å². The van der Waals surface area contributed by atoms with Crippen LogP contribution in [0.5, 0.6) is 0 Å². The van der Waals surface area contributed by atoms with Crippen molar-refractivity contribution in [1.82, 2.24) is 4.57 Å². The van der Waals surface area contributed by atoms with Crippen LogP contribution in [-0.2, 0) is 4.74 Å². The normalized spacial score (nSPS) is 14.3. The standard InChI is InChI=1S/C14H17NO4/c1-4-19-14(18)12-7-11(9(3)16)8(2)15(13(12)17)10-5-6-10/h7,10H,4-6H2,1-3H3. The first-order valence-corrected chi connectivity index (χ1v) is 6.41. The van der Waals surface area contributed by atoms with E-state index in [9.17, 15) is 14.4 Å². The van der Waals surface area contributed by atoms with Gasteiger partial charge in [0.25, 0.3) is 5.56 Å². The van der Waals surface area contributed by atoms with Crippen molar-refractivity contribution in [3.05, 3.63) is 33.2 Å². The molecule has 5 heteroatoms. The van der Waals surface area contributed by atoms with Gasteiger partial charge in [0.15, 0.2) is 5.78 Å². The minimum Gasteiger partial charge on any atom is -0.462 e. The molecule has 0 N–H and O–H groups in total. The van der Waals surface area contributed by atoms with Crippen molar-refractivity contribution in [2.75, 3.05) is 6.61 Å². The van der Waals surface area contributed by atoms with Crippen LogP contribution < -0.4 is 5.56 Å². The van der Waals surface area contributed by atoms with E-state index >= 15 is 0 Å². The van der Waals surface area contributed by atoms with Gasteiger partial charge in [-0.2, -0.15) is 0 Å². The molecule has 1 fully saturated rings. The first-order chi connectivity index (χ1) is 8.97. The largest absolute Gasteiger partial charge is 0.462 e. The van der Waals surface area contributed by atoms with Crippen molar-refractivity contribution in [2.24, 2.45) is 0 Å². The van der Waals surface area contributed by atoms with Gasteiger partial charge in [-0.25, -0.2) is 4.79 Å². The van der Waals surface area contributed by atoms with E-state index in [2.05, 4.69) is 0 Å². The second-order valence-electron chi connectivity index (χ2n) is 4.74. The quantitative estimate of drug-likeness (QED) is 0.614. The van der Waals surface area contributed by atoms with E-state index in [4.69, 9.17) is 4.74 Å². The van der Waals surface area contributed by atoms with Crippen LogP contribution in [0.1, 0.15) is 59.1 Å². The summed E-state index contributed by atoms with van der Waals surface area (Å²) in [4.78, 5) is 35.8. The van der Waals surface area contributed by atoms with Gasteiger partial charge in [0.05, 0.1) is 6.61 Å². The zero-order valence-electron chi connectivity index (χ0n) is 11.4. The molecule has 0 aromatic carbocycles. The van der Waals surface area contributed by atoms with Crippen molar-refractivity contribution in [3.8, 4) is 0 Å². The summed E-state index contributed by atoms with van der Waals surface area (Å²) >= 11 is 0. The van der Waals surface area contributed by atoms with Crippen LogP contribution in [0.15, 0.2) is 10.9 Å². The molecule has 1 aromatic heterocycles. The summed E-state index contributed by atoms with van der Waals surface area (Å²) in [5.41, 5.74) is 0.635. The molecule has 0 unspecified atom stereocenters. The second-order valence-corrected chi connectivity index (χ2v) is 4.74. The van der Waals surface area contributed by atoms with Gasteiger partial charge in [-0.05, 0) is 39.7 Å². The highest BCUT2D eigenvalue weighted by atomic mass is 16.5. The molecule has 0 amide bonds. The second kappa shape index (κ2) is 4.99. The molecule has 0 aliphatic heterocycles. The average molecular weight is 263 g/mol. The summed E-state index contributed by atoms with van der Waals surface area (Å²) < 4.78 is 6.43. The number of aromatic nitrogens is 1. The van der Waals surface area contributed by atoms with Gasteiger partial charge in [-0.3, -0.25) is 9.59 Å². The van der Waals surface area contributed by atoms with Gasteiger partial charge in [0.1, 0.15) is 5.56 Å². The highest BCUT2D eigenvalue weighted by molar-refractivity contribution is 5.98. The summed E-state index contributed by atoms with van der Waals surface area (Å²) in [5.74, 6) is -0.818. The van der Waals surface area contributed by atoms with Crippen LogP contribution in [0.4, 0.5) is 0 Å². The number of carbonyl (C=O) groups excluding carboxylic acids is 2. The third kappa shape index (κ3) is 2.45. The average Bonchev–Trinajstić information content (AvgIpc) is 3.13. The molecule has 1 saturated carbocycles. The number of carbonyl (C=O) groups is 2. The monoisotopic (exact) mass is 263 g/mol. The van der Waals surface area contributed by atoms with E-state index in [-0.39, 0.29) is 29.6 Å². The molecule has 19 heavy (non-hydrogen) atoms. The van der Waals surface area contributed by atoms with Crippen LogP contribution >= 0.6 is 0 Å². The van der Waals surface area contributed by atoms with E-state index in [0.29, 0.717) is 11.3 Å². The molecule has 0 radical (unpaired) electrons. The van der Waals surface area contributed by atoms with Gasteiger partial charge in [-0.1, -0.05) is 0 Å². The summed E-state index contributed by atoms with van der Waals surface area (Å²) in [6, 6.07) is 1.47. The lowest BCUT2D eigenvalue weighted by Crippen LogP contribution is -2.30. The van der Waals surface area contributed by atoms with E-state index in [0.717, 1.165) is 12.8 Å². The van der Waals surface area contributed by atoms with E-state index in [1.165, 1.54) is 13.0 Å². The fourth-order valence-electron chi connectivity index (χ4n) is 2.21. The van der Waals surface area contributed by atoms with Crippen LogP contribution in [0, 0.1) is 6.92 Å². The number of rotatable bonds is 4. The summed E-state index contributed by atoms with van der Waals surface area (Å²) in [6.45, 7) is 5.05. The SMILES string of the molecule is CCOC(=O)c1cc(C(C)=O)c(C)n(C2CC2)c1=O. The fraction of sp³-hybridized carbons (Fsp3) is 0.500. The van der Waals surface area contributed by atoms with E-state index in [1.54, 1.807) is 18.4 Å². The molecule has 1 heterocycles. The maximum atomic E-state index is 12.3. The Kier molecular flexibility index (Phi) is 3.55. The molecular weight excluding hydrogens is 246 g/mol. The minimum atomic E-state index is -0.663. The van der Waals surface area contributed by atoms with Crippen LogP contribution in [0.3, 0.4) is 0 Å². The Morgan fingerprint density at radius 1 is 1.37 bits per heavy atom. The number of hydrogen-bond acceptors (Lipinski definition) is 4. The molecule has 0 bridgehead atoms. The predicted octanol–water partition coefficient (Wildman–Crippen LogP) is 1.87. The van der Waals surface area contributed by atoms with Crippen molar-refractivity contribution in [3.63, 3.8) is 0 Å². The number of esters is 1. The van der Waals surface area contributed by atoms with Crippen LogP contribution in [0.2, 0.25) is 0 Å². The van der Waals surface area contributed by atoms with E-state index in [1.807, 2.05) is 0 Å². The molecule has 1 aliphatic carbocycles. The third-order valence-electron chi connectivity index (χ3n) is 3.28. The highest BCUT2D eigenvalue weighted by Crippen LogP contribution is 2.35. The van der Waals surface area contributed by atoms with Crippen molar-refractivity contribution < 1.29 is 14.3 Å². The fourth-order valence-corrected chi connectivity index (χ4v) is 2.21. The third-order valence-corrected chi connectivity index (χ3v) is 3.28. The van der Waals surface area contributed by atoms with Gasteiger partial charge >= 0.3 is 5.97 Å². The van der Waals surface area contributed by atoms with Gasteiger partial charge < -0.3 is 9.30 Å². The predicted molar refractivity (Wildman–Crippen MR) is 69.7 cm³/mol. The number of ketones is 1. The van der Waals surface area contributed by atoms with Crippen molar-refractivity contribution in [1.29, 1.82) is 0 Å². The molecule has 5 nitrogen and oxygen atoms in total. The number of hydrogen-bond donors (Lipinski definition) is 0. The molecule has 102 valence electrons. The number of ether oxygens (including phenoxy) is 1. The van der Waals surface area contributed by atoms with Gasteiger partial charge in [0.2, 0.25) is 0 Å². The highest BCUT2D eigenvalue weighted by Gasteiger charge is 2.30. The van der Waals surface area contributed by atoms with Gasteiger partial charge in [0, 0.05) is 17.3 Å². The molecular formula is C14H17NO4. The number of Topliss-reactive ketones (excluding diaryl/α,β-unsaturated/α-hetero) is 1. The zero-order chi connectivity index (χ0) is 14.2. The van der Waals surface area contributed by atoms with Crippen LogP contribution in [-0.4, -0.2) is 22.9 Å². The van der Waals surface area contributed by atoms with Crippen molar-refractivity contribution in [2.45, 2.75) is 39.7 Å². The first kappa shape index (κ1) is 13.5. The molecule has 2 rings (SSSR count). The lowest BCUT2D eigenvalue weighted by molar-refractivity contribution is 0.0523. The minimum absolute atomic E-state index is 0.0513. The Morgan fingerprint density at radius 3 is 2.47 bits per heavy atom. The lowest BCUT2D eigenvalue weighted by atomic mass is 10.1. The molecule has 0 saturated heterocycles. The summed E-state index contributed by atoms with van der Waals surface area (Å²) in [5, 5.41) is 0. The molecule has 0 atom stereocenters. The number of nitrogens with zero attached hydrogens (tertiary/aromatic N) is 1. The Balaban J connectivity index is 2.64. The first-order valence-electron chi connectivity index (χ1n) is 6.41. The smallest absolute Gasteiger partial charge is 0.343 e. The topological polar surface area (TPSA) is 65.4 Å². The number of pyridine rings is 1. The summed E-state index contributed by atoms with van der Waals surface area (Å²) in [7, 11) is 0. The lowest BCUT2D eigenvalue weighted by Gasteiger charge is -2.14. The molecule has 1 aliphatic rings. The summed E-state index contributed by atoms with van der Waals surface area (Å²) in [6.07, 6.45) is 1.81. The molecule has 0 spiro atoms. The van der Waals surface area contributed by atoms with Gasteiger partial charge in [-0.15, -0.1) is 0 Å². The van der Waals surface area contributed by atoms with Crippen LogP contribution in [0.25, 0.3) is 0 Å². The van der Waals surface area contributed by atoms with E-state index < -0.39 is 5.97 Å².